The van der Waals surface area contributed by atoms with E-state index in [0.717, 1.165) is 25.2 Å². The minimum atomic E-state index is -3.22. The van der Waals surface area contributed by atoms with E-state index in [1.54, 1.807) is 24.3 Å². The average Bonchev–Trinajstić information content (AvgIpc) is 2.96. The van der Waals surface area contributed by atoms with Gasteiger partial charge >= 0.3 is 0 Å². The van der Waals surface area contributed by atoms with Crippen molar-refractivity contribution in [1.82, 2.24) is 10.2 Å². The van der Waals surface area contributed by atoms with E-state index in [4.69, 9.17) is 0 Å². The van der Waals surface area contributed by atoms with E-state index < -0.39 is 9.84 Å². The molecule has 29 heavy (non-hydrogen) atoms. The van der Waals surface area contributed by atoms with E-state index in [1.165, 1.54) is 37.5 Å². The van der Waals surface area contributed by atoms with Crippen molar-refractivity contribution in [3.05, 3.63) is 65.2 Å². The molecule has 2 aromatic carbocycles. The Morgan fingerprint density at radius 1 is 0.966 bits per heavy atom. The molecule has 0 spiro atoms. The van der Waals surface area contributed by atoms with Gasteiger partial charge in [-0.05, 0) is 68.2 Å². The fourth-order valence-electron chi connectivity index (χ4n) is 3.68. The van der Waals surface area contributed by atoms with Crippen LogP contribution in [0, 0.1) is 0 Å². The molecule has 0 bridgehead atoms. The Bertz CT molecular complexity index is 914. The van der Waals surface area contributed by atoms with Crippen molar-refractivity contribution in [2.45, 2.75) is 50.1 Å². The summed E-state index contributed by atoms with van der Waals surface area (Å²) < 4.78 is 23.1. The van der Waals surface area contributed by atoms with Crippen LogP contribution in [0.3, 0.4) is 0 Å². The fourth-order valence-corrected chi connectivity index (χ4v) is 4.31. The molecule has 1 amide bonds. The van der Waals surface area contributed by atoms with Crippen LogP contribution in [-0.2, 0) is 16.4 Å². The number of sulfone groups is 1. The summed E-state index contributed by atoms with van der Waals surface area (Å²) in [6.45, 7) is 5.13. The van der Waals surface area contributed by atoms with E-state index in [-0.39, 0.29) is 16.8 Å². The summed E-state index contributed by atoms with van der Waals surface area (Å²) in [6.07, 6.45) is 6.37. The zero-order valence-corrected chi connectivity index (χ0v) is 18.0. The highest BCUT2D eigenvalue weighted by Crippen LogP contribution is 2.18. The predicted molar refractivity (Wildman–Crippen MR) is 116 cm³/mol. The van der Waals surface area contributed by atoms with E-state index in [0.29, 0.717) is 5.56 Å². The van der Waals surface area contributed by atoms with Gasteiger partial charge in [-0.25, -0.2) is 8.42 Å². The van der Waals surface area contributed by atoms with Crippen molar-refractivity contribution < 1.29 is 13.2 Å². The van der Waals surface area contributed by atoms with E-state index >= 15 is 0 Å². The molecule has 0 aliphatic carbocycles. The smallest absolute Gasteiger partial charge is 0.251 e. The lowest BCUT2D eigenvalue weighted by Crippen LogP contribution is -2.27. The highest BCUT2D eigenvalue weighted by molar-refractivity contribution is 7.90. The SMILES string of the molecule is CC(NC(=O)c1ccc(CN2CCCCCC2)cc1)c1ccc(S(C)(=O)=O)cc1. The number of hydrogen-bond donors (Lipinski definition) is 1. The molecule has 3 rings (SSSR count). The molecule has 5 nitrogen and oxygen atoms in total. The molecule has 6 heteroatoms. The molecule has 156 valence electrons. The lowest BCUT2D eigenvalue weighted by Gasteiger charge is -2.20. The quantitative estimate of drug-likeness (QED) is 0.777. The van der Waals surface area contributed by atoms with Gasteiger partial charge in [-0.2, -0.15) is 0 Å². The highest BCUT2D eigenvalue weighted by atomic mass is 32.2. The van der Waals surface area contributed by atoms with Gasteiger partial charge in [0.05, 0.1) is 10.9 Å². The zero-order valence-electron chi connectivity index (χ0n) is 17.2. The van der Waals surface area contributed by atoms with Crippen LogP contribution in [0.5, 0.6) is 0 Å². The molecule has 1 N–H and O–H groups in total. The maximum absolute atomic E-state index is 12.6. The summed E-state index contributed by atoms with van der Waals surface area (Å²) in [6, 6.07) is 14.2. The largest absolute Gasteiger partial charge is 0.346 e. The van der Waals surface area contributed by atoms with Gasteiger partial charge in [-0.1, -0.05) is 37.1 Å². The van der Waals surface area contributed by atoms with E-state index in [1.807, 2.05) is 31.2 Å². The van der Waals surface area contributed by atoms with Crippen LogP contribution in [0.4, 0.5) is 0 Å². The van der Waals surface area contributed by atoms with Crippen LogP contribution >= 0.6 is 0 Å². The van der Waals surface area contributed by atoms with Gasteiger partial charge in [0.25, 0.3) is 5.91 Å². The van der Waals surface area contributed by atoms with Crippen LogP contribution in [-0.4, -0.2) is 38.6 Å². The summed E-state index contributed by atoms with van der Waals surface area (Å²) in [4.78, 5) is 15.4. The Kier molecular flexibility index (Phi) is 7.09. The Morgan fingerprint density at radius 2 is 1.55 bits per heavy atom. The monoisotopic (exact) mass is 414 g/mol. The molecule has 0 aromatic heterocycles. The van der Waals surface area contributed by atoms with Crippen LogP contribution in [0.2, 0.25) is 0 Å². The maximum atomic E-state index is 12.6. The lowest BCUT2D eigenvalue weighted by molar-refractivity contribution is 0.0940. The topological polar surface area (TPSA) is 66.5 Å². The fraction of sp³-hybridized carbons (Fsp3) is 0.435. The Morgan fingerprint density at radius 3 is 2.10 bits per heavy atom. The summed E-state index contributed by atoms with van der Waals surface area (Å²) in [5.74, 6) is -0.133. The molecular weight excluding hydrogens is 384 g/mol. The first-order chi connectivity index (χ1) is 13.8. The van der Waals surface area contributed by atoms with Gasteiger partial charge in [0.2, 0.25) is 0 Å². The summed E-state index contributed by atoms with van der Waals surface area (Å²) in [7, 11) is -3.22. The number of nitrogens with one attached hydrogen (secondary N) is 1. The van der Waals surface area contributed by atoms with Gasteiger partial charge in [0.1, 0.15) is 0 Å². The Labute approximate surface area is 174 Å². The summed E-state index contributed by atoms with van der Waals surface area (Å²) in [5.41, 5.74) is 2.72. The minimum Gasteiger partial charge on any atom is -0.346 e. The van der Waals surface area contributed by atoms with Crippen LogP contribution in [0.15, 0.2) is 53.4 Å². The normalized spacial score (nSPS) is 16.8. The van der Waals surface area contributed by atoms with Crippen molar-refractivity contribution in [2.75, 3.05) is 19.3 Å². The number of nitrogens with zero attached hydrogens (tertiary/aromatic N) is 1. The molecule has 2 aromatic rings. The second-order valence-electron chi connectivity index (χ2n) is 7.92. The molecule has 1 saturated heterocycles. The molecule has 1 aliphatic heterocycles. The summed E-state index contributed by atoms with van der Waals surface area (Å²) >= 11 is 0. The lowest BCUT2D eigenvalue weighted by atomic mass is 10.1. The standard InChI is InChI=1S/C23H30N2O3S/c1-18(20-11-13-22(14-12-20)29(2,27)28)24-23(26)21-9-7-19(8-10-21)17-25-15-5-3-4-6-16-25/h7-14,18H,3-6,15-17H2,1-2H3,(H,24,26). The number of carbonyl (C=O) groups excluding carboxylic acids is 1. The average molecular weight is 415 g/mol. The number of benzene rings is 2. The van der Waals surface area contributed by atoms with Crippen molar-refractivity contribution >= 4 is 15.7 Å². The zero-order chi connectivity index (χ0) is 20.9. The molecule has 1 fully saturated rings. The van der Waals surface area contributed by atoms with Gasteiger partial charge < -0.3 is 5.32 Å². The van der Waals surface area contributed by atoms with Crippen molar-refractivity contribution in [1.29, 1.82) is 0 Å². The van der Waals surface area contributed by atoms with Crippen LogP contribution < -0.4 is 5.32 Å². The number of likely N-dealkylation sites (tertiary alicyclic amines) is 1. The van der Waals surface area contributed by atoms with Crippen LogP contribution in [0.1, 0.15) is 60.1 Å². The van der Waals surface area contributed by atoms with Gasteiger partial charge in [-0.3, -0.25) is 9.69 Å². The first kappa shape index (κ1) is 21.5. The van der Waals surface area contributed by atoms with E-state index in [9.17, 15) is 13.2 Å². The molecule has 0 radical (unpaired) electrons. The second-order valence-corrected chi connectivity index (χ2v) is 9.94. The number of amides is 1. The van der Waals surface area contributed by atoms with Gasteiger partial charge in [-0.15, -0.1) is 0 Å². The number of hydrogen-bond acceptors (Lipinski definition) is 4. The van der Waals surface area contributed by atoms with Gasteiger partial charge in [0, 0.05) is 18.4 Å². The molecule has 1 heterocycles. The maximum Gasteiger partial charge on any atom is 0.251 e. The highest BCUT2D eigenvalue weighted by Gasteiger charge is 2.14. The van der Waals surface area contributed by atoms with E-state index in [2.05, 4.69) is 10.2 Å². The minimum absolute atomic E-state index is 0.133. The number of rotatable bonds is 6. The molecular formula is C23H30N2O3S. The van der Waals surface area contributed by atoms with Crippen LogP contribution in [0.25, 0.3) is 0 Å². The molecule has 1 unspecified atom stereocenters. The Balaban J connectivity index is 1.58. The third kappa shape index (κ3) is 6.15. The van der Waals surface area contributed by atoms with Crippen molar-refractivity contribution in [3.63, 3.8) is 0 Å². The number of carbonyl (C=O) groups is 1. The summed E-state index contributed by atoms with van der Waals surface area (Å²) in [5, 5.41) is 2.98. The first-order valence-corrected chi connectivity index (χ1v) is 12.1. The second kappa shape index (κ2) is 9.55. The third-order valence-corrected chi connectivity index (χ3v) is 6.61. The van der Waals surface area contributed by atoms with Crippen molar-refractivity contribution in [3.8, 4) is 0 Å². The predicted octanol–water partition coefficient (Wildman–Crippen LogP) is 3.96. The molecule has 1 aliphatic rings. The first-order valence-electron chi connectivity index (χ1n) is 10.2. The molecule has 1 atom stereocenters. The third-order valence-electron chi connectivity index (χ3n) is 5.48. The van der Waals surface area contributed by atoms with Gasteiger partial charge in [0.15, 0.2) is 9.84 Å². The Hall–Kier alpha value is -2.18. The molecule has 0 saturated carbocycles. The van der Waals surface area contributed by atoms with Crippen molar-refractivity contribution in [2.24, 2.45) is 0 Å².